The zero-order valence-electron chi connectivity index (χ0n) is 11.0. The normalized spacial score (nSPS) is 14.8. The van der Waals surface area contributed by atoms with Gasteiger partial charge in [-0.25, -0.2) is 4.98 Å². The molecule has 19 heavy (non-hydrogen) atoms. The van der Waals surface area contributed by atoms with E-state index in [1.54, 1.807) is 22.7 Å². The number of aliphatic hydroxyl groups excluding tert-OH is 1. The van der Waals surface area contributed by atoms with Gasteiger partial charge < -0.3 is 10.0 Å². The zero-order chi connectivity index (χ0) is 13.2. The minimum atomic E-state index is 0.109. The van der Waals surface area contributed by atoms with E-state index in [0.29, 0.717) is 6.04 Å². The van der Waals surface area contributed by atoms with Gasteiger partial charge in [-0.05, 0) is 30.7 Å². The number of thiazole rings is 1. The molecule has 1 aliphatic rings. The van der Waals surface area contributed by atoms with Crippen LogP contribution in [-0.4, -0.2) is 16.1 Å². The summed E-state index contributed by atoms with van der Waals surface area (Å²) in [6.07, 6.45) is 3.42. The number of aliphatic hydroxyl groups is 1. The van der Waals surface area contributed by atoms with Gasteiger partial charge in [0, 0.05) is 10.9 Å². The highest BCUT2D eigenvalue weighted by Gasteiger charge is 2.31. The van der Waals surface area contributed by atoms with Gasteiger partial charge in [0.25, 0.3) is 0 Å². The predicted octanol–water partition coefficient (Wildman–Crippen LogP) is 3.43. The number of hydrogen-bond donors (Lipinski definition) is 1. The second-order valence-electron chi connectivity index (χ2n) is 4.82. The largest absolute Gasteiger partial charge is 0.391 e. The standard InChI is InChI=1S/C14H18N2OS2/c1-2-12-13(9-17)19-14(15-12)16(10-5-6-10)8-11-4-3-7-18-11/h3-4,7,10,17H,2,5-6,8-9H2,1H3. The molecule has 0 unspecified atom stereocenters. The average molecular weight is 294 g/mol. The van der Waals surface area contributed by atoms with E-state index >= 15 is 0 Å². The van der Waals surface area contributed by atoms with E-state index in [4.69, 9.17) is 4.98 Å². The average Bonchev–Trinajstić information content (AvgIpc) is 2.99. The molecule has 5 heteroatoms. The van der Waals surface area contributed by atoms with Crippen molar-refractivity contribution in [3.63, 3.8) is 0 Å². The van der Waals surface area contributed by atoms with Gasteiger partial charge in [0.2, 0.25) is 0 Å². The summed E-state index contributed by atoms with van der Waals surface area (Å²) in [6, 6.07) is 4.93. The number of aromatic nitrogens is 1. The summed E-state index contributed by atoms with van der Waals surface area (Å²) in [7, 11) is 0. The molecule has 1 fully saturated rings. The van der Waals surface area contributed by atoms with Crippen LogP contribution < -0.4 is 4.90 Å². The fraction of sp³-hybridized carbons (Fsp3) is 0.500. The molecule has 1 saturated carbocycles. The van der Waals surface area contributed by atoms with Crippen LogP contribution in [0.5, 0.6) is 0 Å². The van der Waals surface area contributed by atoms with Crippen LogP contribution in [0.15, 0.2) is 17.5 Å². The highest BCUT2D eigenvalue weighted by Crippen LogP contribution is 2.37. The highest BCUT2D eigenvalue weighted by atomic mass is 32.1. The fourth-order valence-corrected chi connectivity index (χ4v) is 3.98. The molecule has 1 N–H and O–H groups in total. The van der Waals surface area contributed by atoms with Crippen molar-refractivity contribution in [3.05, 3.63) is 33.0 Å². The van der Waals surface area contributed by atoms with Crippen LogP contribution in [0.25, 0.3) is 0 Å². The molecule has 2 heterocycles. The van der Waals surface area contributed by atoms with Crippen LogP contribution in [0, 0.1) is 0 Å². The third-order valence-electron chi connectivity index (χ3n) is 3.39. The maximum atomic E-state index is 9.41. The maximum Gasteiger partial charge on any atom is 0.186 e. The molecule has 2 aromatic heterocycles. The van der Waals surface area contributed by atoms with E-state index in [9.17, 15) is 5.11 Å². The first-order valence-electron chi connectivity index (χ1n) is 6.70. The number of aryl methyl sites for hydroxylation is 1. The molecule has 3 nitrogen and oxygen atoms in total. The van der Waals surface area contributed by atoms with E-state index in [1.807, 2.05) is 0 Å². The summed E-state index contributed by atoms with van der Waals surface area (Å²) in [4.78, 5) is 9.55. The number of rotatable bonds is 6. The molecule has 0 atom stereocenters. The van der Waals surface area contributed by atoms with E-state index in [0.717, 1.165) is 28.7 Å². The lowest BCUT2D eigenvalue weighted by Gasteiger charge is -2.20. The molecule has 2 aromatic rings. The van der Waals surface area contributed by atoms with Gasteiger partial charge in [0.05, 0.1) is 23.7 Å². The van der Waals surface area contributed by atoms with E-state index in [-0.39, 0.29) is 6.61 Å². The Bertz CT molecular complexity index is 510. The first kappa shape index (κ1) is 13.1. The summed E-state index contributed by atoms with van der Waals surface area (Å²) in [5.74, 6) is 0. The lowest BCUT2D eigenvalue weighted by molar-refractivity contribution is 0.284. The van der Waals surface area contributed by atoms with Gasteiger partial charge in [0.15, 0.2) is 5.13 Å². The van der Waals surface area contributed by atoms with E-state index in [1.165, 1.54) is 17.7 Å². The quantitative estimate of drug-likeness (QED) is 0.886. The molecule has 0 bridgehead atoms. The summed E-state index contributed by atoms with van der Waals surface area (Å²) in [5, 5.41) is 12.6. The molecular formula is C14H18N2OS2. The number of hydrogen-bond acceptors (Lipinski definition) is 5. The van der Waals surface area contributed by atoms with Crippen LogP contribution >= 0.6 is 22.7 Å². The first-order chi connectivity index (χ1) is 9.31. The van der Waals surface area contributed by atoms with Crippen molar-refractivity contribution in [1.82, 2.24) is 4.98 Å². The number of anilines is 1. The van der Waals surface area contributed by atoms with Crippen molar-refractivity contribution in [1.29, 1.82) is 0 Å². The predicted molar refractivity (Wildman–Crippen MR) is 80.9 cm³/mol. The Morgan fingerprint density at radius 2 is 2.32 bits per heavy atom. The Kier molecular flexibility index (Phi) is 3.86. The van der Waals surface area contributed by atoms with Crippen molar-refractivity contribution in [2.45, 2.75) is 45.4 Å². The Morgan fingerprint density at radius 1 is 1.47 bits per heavy atom. The molecule has 0 radical (unpaired) electrons. The molecule has 0 aromatic carbocycles. The second kappa shape index (κ2) is 5.61. The Morgan fingerprint density at radius 3 is 2.84 bits per heavy atom. The Labute approximate surface area is 121 Å². The van der Waals surface area contributed by atoms with Gasteiger partial charge in [0.1, 0.15) is 0 Å². The molecule has 1 aliphatic carbocycles. The summed E-state index contributed by atoms with van der Waals surface area (Å²) < 4.78 is 0. The zero-order valence-corrected chi connectivity index (χ0v) is 12.6. The molecule has 0 aliphatic heterocycles. The highest BCUT2D eigenvalue weighted by molar-refractivity contribution is 7.15. The second-order valence-corrected chi connectivity index (χ2v) is 6.91. The van der Waals surface area contributed by atoms with Gasteiger partial charge in [-0.1, -0.05) is 24.3 Å². The van der Waals surface area contributed by atoms with Gasteiger partial charge in [-0.2, -0.15) is 0 Å². The van der Waals surface area contributed by atoms with Gasteiger partial charge in [-0.3, -0.25) is 0 Å². The SMILES string of the molecule is CCc1nc(N(Cc2cccs2)C2CC2)sc1CO. The Balaban J connectivity index is 1.85. The van der Waals surface area contributed by atoms with Crippen molar-refractivity contribution in [2.75, 3.05) is 4.90 Å². The summed E-state index contributed by atoms with van der Waals surface area (Å²) in [5.41, 5.74) is 1.05. The third-order valence-corrected chi connectivity index (χ3v) is 5.37. The van der Waals surface area contributed by atoms with Gasteiger partial charge in [-0.15, -0.1) is 11.3 Å². The van der Waals surface area contributed by atoms with Crippen LogP contribution in [0.4, 0.5) is 5.13 Å². The lowest BCUT2D eigenvalue weighted by atomic mass is 10.3. The van der Waals surface area contributed by atoms with E-state index < -0.39 is 0 Å². The third kappa shape index (κ3) is 2.83. The van der Waals surface area contributed by atoms with Crippen LogP contribution in [0.1, 0.15) is 35.2 Å². The monoisotopic (exact) mass is 294 g/mol. The number of thiophene rings is 1. The molecule has 0 saturated heterocycles. The lowest BCUT2D eigenvalue weighted by Crippen LogP contribution is -2.24. The smallest absolute Gasteiger partial charge is 0.186 e. The molecule has 102 valence electrons. The first-order valence-corrected chi connectivity index (χ1v) is 8.40. The molecule has 0 spiro atoms. The maximum absolute atomic E-state index is 9.41. The molecule has 3 rings (SSSR count). The van der Waals surface area contributed by atoms with Crippen LogP contribution in [0.3, 0.4) is 0 Å². The van der Waals surface area contributed by atoms with Crippen molar-refractivity contribution in [3.8, 4) is 0 Å². The van der Waals surface area contributed by atoms with Gasteiger partial charge >= 0.3 is 0 Å². The Hall–Kier alpha value is -0.910. The van der Waals surface area contributed by atoms with E-state index in [2.05, 4.69) is 29.3 Å². The van der Waals surface area contributed by atoms with Crippen LogP contribution in [0.2, 0.25) is 0 Å². The summed E-state index contributed by atoms with van der Waals surface area (Å²) in [6.45, 7) is 3.15. The molecule has 0 amide bonds. The van der Waals surface area contributed by atoms with Crippen molar-refractivity contribution in [2.24, 2.45) is 0 Å². The van der Waals surface area contributed by atoms with Crippen molar-refractivity contribution >= 4 is 27.8 Å². The topological polar surface area (TPSA) is 36.4 Å². The number of nitrogens with zero attached hydrogens (tertiary/aromatic N) is 2. The fourth-order valence-electron chi connectivity index (χ4n) is 2.20. The van der Waals surface area contributed by atoms with Crippen LogP contribution in [-0.2, 0) is 19.6 Å². The summed E-state index contributed by atoms with van der Waals surface area (Å²) >= 11 is 3.45. The molecular weight excluding hydrogens is 276 g/mol. The minimum Gasteiger partial charge on any atom is -0.391 e. The van der Waals surface area contributed by atoms with Crippen molar-refractivity contribution < 1.29 is 5.11 Å². The minimum absolute atomic E-state index is 0.109.